The van der Waals surface area contributed by atoms with Gasteiger partial charge in [0.25, 0.3) is 0 Å². The molecule has 0 spiro atoms. The summed E-state index contributed by atoms with van der Waals surface area (Å²) in [6, 6.07) is 0.324. The van der Waals surface area contributed by atoms with Crippen LogP contribution in [0.2, 0.25) is 0 Å². The Bertz CT molecular complexity index is 178. The number of rotatable bonds is 5. The summed E-state index contributed by atoms with van der Waals surface area (Å²) in [5.41, 5.74) is 0. The van der Waals surface area contributed by atoms with E-state index in [1.807, 2.05) is 0 Å². The molecule has 0 aromatic rings. The van der Waals surface area contributed by atoms with Gasteiger partial charge in [-0.05, 0) is 12.8 Å². The minimum Gasteiger partial charge on any atom is -0.395 e. The zero-order valence-electron chi connectivity index (χ0n) is 8.74. The normalized spacial score (nSPS) is 17.3. The van der Waals surface area contributed by atoms with Gasteiger partial charge in [-0.25, -0.2) is 0 Å². The zero-order chi connectivity index (χ0) is 10.4. The molecule has 0 aromatic carbocycles. The summed E-state index contributed by atoms with van der Waals surface area (Å²) in [6.07, 6.45) is 4.50. The molecule has 0 aromatic heterocycles. The number of ether oxygens (including phenoxy) is 1. The molecule has 1 amide bonds. The van der Waals surface area contributed by atoms with Gasteiger partial charge in [-0.15, -0.1) is 0 Å². The van der Waals surface area contributed by atoms with Crippen molar-refractivity contribution in [2.75, 3.05) is 26.9 Å². The molecule has 1 saturated carbocycles. The van der Waals surface area contributed by atoms with E-state index in [0.29, 0.717) is 12.6 Å². The van der Waals surface area contributed by atoms with Gasteiger partial charge in [-0.3, -0.25) is 4.79 Å². The van der Waals surface area contributed by atoms with Gasteiger partial charge in [-0.2, -0.15) is 0 Å². The van der Waals surface area contributed by atoms with Crippen LogP contribution in [0.15, 0.2) is 0 Å². The van der Waals surface area contributed by atoms with Crippen LogP contribution in [0.1, 0.15) is 25.7 Å². The maximum atomic E-state index is 11.6. The quantitative estimate of drug-likeness (QED) is 0.700. The van der Waals surface area contributed by atoms with Gasteiger partial charge in [0.1, 0.15) is 6.61 Å². The second-order valence-electron chi connectivity index (χ2n) is 3.68. The lowest BCUT2D eigenvalue weighted by molar-refractivity contribution is -0.138. The minimum absolute atomic E-state index is 0.00606. The van der Waals surface area contributed by atoms with Crippen molar-refractivity contribution in [3.05, 3.63) is 0 Å². The van der Waals surface area contributed by atoms with Crippen molar-refractivity contribution in [1.29, 1.82) is 0 Å². The Balaban J connectivity index is 2.48. The lowest BCUT2D eigenvalue weighted by Crippen LogP contribution is -2.42. The Morgan fingerprint density at radius 2 is 2.14 bits per heavy atom. The van der Waals surface area contributed by atoms with E-state index < -0.39 is 0 Å². The highest BCUT2D eigenvalue weighted by atomic mass is 16.5. The van der Waals surface area contributed by atoms with Crippen molar-refractivity contribution in [1.82, 2.24) is 4.90 Å². The molecule has 0 radical (unpaired) electrons. The maximum Gasteiger partial charge on any atom is 0.248 e. The second-order valence-corrected chi connectivity index (χ2v) is 3.68. The van der Waals surface area contributed by atoms with Crippen LogP contribution >= 0.6 is 0 Å². The number of amides is 1. The van der Waals surface area contributed by atoms with E-state index in [1.54, 1.807) is 4.90 Å². The van der Waals surface area contributed by atoms with E-state index in [9.17, 15) is 4.79 Å². The van der Waals surface area contributed by atoms with Gasteiger partial charge < -0.3 is 14.7 Å². The van der Waals surface area contributed by atoms with E-state index in [4.69, 9.17) is 9.84 Å². The predicted molar refractivity (Wildman–Crippen MR) is 52.9 cm³/mol. The van der Waals surface area contributed by atoms with Crippen LogP contribution in [0.4, 0.5) is 0 Å². The standard InChI is InChI=1S/C10H19NO3/c1-14-8-10(13)11(6-7-12)9-4-2-3-5-9/h9,12H,2-8H2,1H3. The van der Waals surface area contributed by atoms with Gasteiger partial charge in [0.15, 0.2) is 0 Å². The molecule has 4 heteroatoms. The molecule has 0 bridgehead atoms. The van der Waals surface area contributed by atoms with E-state index in [-0.39, 0.29) is 19.1 Å². The summed E-state index contributed by atoms with van der Waals surface area (Å²) in [4.78, 5) is 13.4. The summed E-state index contributed by atoms with van der Waals surface area (Å²) >= 11 is 0. The van der Waals surface area contributed by atoms with Gasteiger partial charge in [0, 0.05) is 19.7 Å². The number of hydrogen-bond donors (Lipinski definition) is 1. The first-order valence-electron chi connectivity index (χ1n) is 5.19. The molecule has 0 aliphatic heterocycles. The molecule has 1 N–H and O–H groups in total. The predicted octanol–water partition coefficient (Wildman–Crippen LogP) is 0.396. The molecule has 0 atom stereocenters. The molecular formula is C10H19NO3. The van der Waals surface area contributed by atoms with Gasteiger partial charge >= 0.3 is 0 Å². The molecule has 4 nitrogen and oxygen atoms in total. The number of carbonyl (C=O) groups is 1. The Morgan fingerprint density at radius 1 is 1.50 bits per heavy atom. The lowest BCUT2D eigenvalue weighted by atomic mass is 10.2. The van der Waals surface area contributed by atoms with Crippen LogP contribution in [-0.2, 0) is 9.53 Å². The number of aliphatic hydroxyl groups excluding tert-OH is 1. The third-order valence-electron chi connectivity index (χ3n) is 2.69. The van der Waals surface area contributed by atoms with Crippen LogP contribution < -0.4 is 0 Å². The van der Waals surface area contributed by atoms with Crippen molar-refractivity contribution in [2.24, 2.45) is 0 Å². The smallest absolute Gasteiger partial charge is 0.248 e. The van der Waals surface area contributed by atoms with Gasteiger partial charge in [-0.1, -0.05) is 12.8 Å². The minimum atomic E-state index is -0.00606. The summed E-state index contributed by atoms with van der Waals surface area (Å²) in [7, 11) is 1.52. The number of methoxy groups -OCH3 is 1. The molecule has 14 heavy (non-hydrogen) atoms. The van der Waals surface area contributed by atoms with Crippen LogP contribution in [0, 0.1) is 0 Å². The Labute approximate surface area is 84.8 Å². The Hall–Kier alpha value is -0.610. The largest absolute Gasteiger partial charge is 0.395 e. The Kier molecular flexibility index (Phi) is 4.90. The Morgan fingerprint density at radius 3 is 2.64 bits per heavy atom. The summed E-state index contributed by atoms with van der Waals surface area (Å²) in [5.74, 6) is -0.00606. The van der Waals surface area contributed by atoms with Crippen molar-refractivity contribution in [3.63, 3.8) is 0 Å². The highest BCUT2D eigenvalue weighted by Crippen LogP contribution is 2.23. The third-order valence-corrected chi connectivity index (χ3v) is 2.69. The monoisotopic (exact) mass is 201 g/mol. The number of hydrogen-bond acceptors (Lipinski definition) is 3. The third kappa shape index (κ3) is 2.96. The first-order chi connectivity index (χ1) is 6.79. The SMILES string of the molecule is COCC(=O)N(CCO)C1CCCC1. The zero-order valence-corrected chi connectivity index (χ0v) is 8.74. The molecule has 1 rings (SSSR count). The highest BCUT2D eigenvalue weighted by molar-refractivity contribution is 5.77. The van der Waals surface area contributed by atoms with Crippen molar-refractivity contribution in [3.8, 4) is 0 Å². The first-order valence-corrected chi connectivity index (χ1v) is 5.19. The molecule has 1 aliphatic rings. The fourth-order valence-corrected chi connectivity index (χ4v) is 2.04. The van der Waals surface area contributed by atoms with Gasteiger partial charge in [0.2, 0.25) is 5.91 Å². The average Bonchev–Trinajstić information content (AvgIpc) is 2.67. The van der Waals surface area contributed by atoms with Crippen LogP contribution in [0.3, 0.4) is 0 Å². The first kappa shape index (κ1) is 11.5. The highest BCUT2D eigenvalue weighted by Gasteiger charge is 2.25. The van der Waals surface area contributed by atoms with Crippen LogP contribution in [0.5, 0.6) is 0 Å². The molecule has 0 saturated heterocycles. The summed E-state index contributed by atoms with van der Waals surface area (Å²) < 4.78 is 4.82. The number of nitrogens with zero attached hydrogens (tertiary/aromatic N) is 1. The number of carbonyl (C=O) groups excluding carboxylic acids is 1. The van der Waals surface area contributed by atoms with Crippen LogP contribution in [-0.4, -0.2) is 48.8 Å². The van der Waals surface area contributed by atoms with Gasteiger partial charge in [0.05, 0.1) is 6.61 Å². The number of aliphatic hydroxyl groups is 1. The molecule has 82 valence electrons. The second kappa shape index (κ2) is 5.98. The van der Waals surface area contributed by atoms with E-state index in [1.165, 1.54) is 20.0 Å². The molecular weight excluding hydrogens is 182 g/mol. The van der Waals surface area contributed by atoms with Crippen molar-refractivity contribution >= 4 is 5.91 Å². The maximum absolute atomic E-state index is 11.6. The molecule has 1 aliphatic carbocycles. The average molecular weight is 201 g/mol. The summed E-state index contributed by atoms with van der Waals surface area (Å²) in [5, 5.41) is 8.88. The molecule has 0 heterocycles. The fourth-order valence-electron chi connectivity index (χ4n) is 2.04. The van der Waals surface area contributed by atoms with E-state index in [2.05, 4.69) is 0 Å². The van der Waals surface area contributed by atoms with E-state index in [0.717, 1.165) is 12.8 Å². The van der Waals surface area contributed by atoms with Crippen molar-refractivity contribution in [2.45, 2.75) is 31.7 Å². The summed E-state index contributed by atoms with van der Waals surface area (Å²) in [6.45, 7) is 0.593. The van der Waals surface area contributed by atoms with Crippen molar-refractivity contribution < 1.29 is 14.6 Å². The lowest BCUT2D eigenvalue weighted by Gasteiger charge is -2.28. The topological polar surface area (TPSA) is 49.8 Å². The fraction of sp³-hybridized carbons (Fsp3) is 0.900. The molecule has 0 unspecified atom stereocenters. The van der Waals surface area contributed by atoms with Crippen LogP contribution in [0.25, 0.3) is 0 Å². The van der Waals surface area contributed by atoms with E-state index >= 15 is 0 Å². The molecule has 1 fully saturated rings.